The quantitative estimate of drug-likeness (QED) is 0.914. The van der Waals surface area contributed by atoms with Crippen molar-refractivity contribution in [1.82, 2.24) is 0 Å². The van der Waals surface area contributed by atoms with E-state index in [1.807, 2.05) is 24.3 Å². The van der Waals surface area contributed by atoms with Crippen LogP contribution in [0.2, 0.25) is 0 Å². The number of hydrogen-bond acceptors (Lipinski definition) is 2. The second-order valence-corrected chi connectivity index (χ2v) is 4.52. The van der Waals surface area contributed by atoms with Gasteiger partial charge >= 0.3 is 0 Å². The molecule has 1 aromatic carbocycles. The van der Waals surface area contributed by atoms with Crippen LogP contribution in [0.5, 0.6) is 0 Å². The van der Waals surface area contributed by atoms with Gasteiger partial charge in [-0.05, 0) is 30.5 Å². The fourth-order valence-corrected chi connectivity index (χ4v) is 2.24. The summed E-state index contributed by atoms with van der Waals surface area (Å²) >= 11 is 0. The van der Waals surface area contributed by atoms with Gasteiger partial charge in [0.1, 0.15) is 0 Å². The van der Waals surface area contributed by atoms with E-state index in [1.165, 1.54) is 12.8 Å². The van der Waals surface area contributed by atoms with Gasteiger partial charge in [-0.2, -0.15) is 0 Å². The maximum absolute atomic E-state index is 12.2. The standard InChI is InChI=1S/C13H18F2N2.ClH/c14-13(15)9-12(16)10-3-5-11(6-4-10)17-7-1-2-8-17;/h3-6,12-13H,1-2,7-9,16H2;1H/t12-;/m1./s1. The van der Waals surface area contributed by atoms with E-state index in [1.54, 1.807) is 0 Å². The Morgan fingerprint density at radius 1 is 1.11 bits per heavy atom. The molecule has 5 heteroatoms. The van der Waals surface area contributed by atoms with Crippen LogP contribution in [0.1, 0.15) is 30.9 Å². The third kappa shape index (κ3) is 3.82. The van der Waals surface area contributed by atoms with Gasteiger partial charge in [0.05, 0.1) is 0 Å². The fraction of sp³-hybridized carbons (Fsp3) is 0.538. The Morgan fingerprint density at radius 2 is 1.67 bits per heavy atom. The monoisotopic (exact) mass is 276 g/mol. The SMILES string of the molecule is Cl.N[C@H](CC(F)F)c1ccc(N2CCCC2)cc1. The highest BCUT2D eigenvalue weighted by atomic mass is 35.5. The summed E-state index contributed by atoms with van der Waals surface area (Å²) in [6.07, 6.45) is -0.161. The van der Waals surface area contributed by atoms with Crippen LogP contribution in [0.15, 0.2) is 24.3 Å². The van der Waals surface area contributed by atoms with E-state index in [4.69, 9.17) is 5.73 Å². The number of nitrogens with two attached hydrogens (primary N) is 1. The zero-order chi connectivity index (χ0) is 12.3. The van der Waals surface area contributed by atoms with Crippen molar-refractivity contribution in [2.75, 3.05) is 18.0 Å². The Morgan fingerprint density at radius 3 is 2.17 bits per heavy atom. The molecule has 2 nitrogen and oxygen atoms in total. The van der Waals surface area contributed by atoms with Gasteiger partial charge in [-0.15, -0.1) is 12.4 Å². The van der Waals surface area contributed by atoms with Crippen molar-refractivity contribution in [2.24, 2.45) is 5.73 Å². The van der Waals surface area contributed by atoms with Crippen molar-refractivity contribution in [3.05, 3.63) is 29.8 Å². The summed E-state index contributed by atoms with van der Waals surface area (Å²) < 4.78 is 24.4. The summed E-state index contributed by atoms with van der Waals surface area (Å²) in [5, 5.41) is 0. The molecule has 0 spiro atoms. The van der Waals surface area contributed by atoms with Crippen molar-refractivity contribution in [2.45, 2.75) is 31.7 Å². The maximum atomic E-state index is 12.2. The summed E-state index contributed by atoms with van der Waals surface area (Å²) in [6, 6.07) is 7.11. The lowest BCUT2D eigenvalue weighted by Gasteiger charge is -2.19. The van der Waals surface area contributed by atoms with E-state index in [-0.39, 0.29) is 18.8 Å². The summed E-state index contributed by atoms with van der Waals surface area (Å²) in [7, 11) is 0. The Hall–Kier alpha value is -0.870. The van der Waals surface area contributed by atoms with E-state index >= 15 is 0 Å². The van der Waals surface area contributed by atoms with Gasteiger partial charge in [-0.3, -0.25) is 0 Å². The largest absolute Gasteiger partial charge is 0.372 e. The van der Waals surface area contributed by atoms with E-state index in [0.29, 0.717) is 0 Å². The average Bonchev–Trinajstić information content (AvgIpc) is 2.82. The van der Waals surface area contributed by atoms with Gasteiger partial charge in [0.2, 0.25) is 6.43 Å². The van der Waals surface area contributed by atoms with Crippen LogP contribution < -0.4 is 10.6 Å². The molecule has 1 fully saturated rings. The van der Waals surface area contributed by atoms with Crippen LogP contribution in [0, 0.1) is 0 Å². The molecule has 2 N–H and O–H groups in total. The minimum absolute atomic E-state index is 0. The molecule has 102 valence electrons. The first-order valence-corrected chi connectivity index (χ1v) is 6.05. The lowest BCUT2D eigenvalue weighted by atomic mass is 10.0. The molecule has 0 aliphatic carbocycles. The molecule has 1 aromatic rings. The average molecular weight is 277 g/mol. The van der Waals surface area contributed by atoms with E-state index in [0.717, 1.165) is 24.3 Å². The van der Waals surface area contributed by atoms with Crippen LogP contribution in [0.3, 0.4) is 0 Å². The lowest BCUT2D eigenvalue weighted by molar-refractivity contribution is 0.128. The van der Waals surface area contributed by atoms with E-state index in [9.17, 15) is 8.78 Å². The highest BCUT2D eigenvalue weighted by molar-refractivity contribution is 5.85. The van der Waals surface area contributed by atoms with Crippen molar-refractivity contribution < 1.29 is 8.78 Å². The molecule has 0 unspecified atom stereocenters. The Labute approximate surface area is 113 Å². The van der Waals surface area contributed by atoms with Crippen molar-refractivity contribution in [3.8, 4) is 0 Å². The summed E-state index contributed by atoms with van der Waals surface area (Å²) in [6.45, 7) is 2.17. The molecule has 1 saturated heterocycles. The molecule has 0 aromatic heterocycles. The van der Waals surface area contributed by atoms with E-state index < -0.39 is 12.5 Å². The summed E-state index contributed by atoms with van der Waals surface area (Å²) in [5.41, 5.74) is 7.65. The Kier molecular flexibility index (Phi) is 5.82. The van der Waals surface area contributed by atoms with Gasteiger partial charge in [-0.1, -0.05) is 12.1 Å². The number of halogens is 3. The first kappa shape index (κ1) is 15.2. The third-order valence-electron chi connectivity index (χ3n) is 3.22. The number of benzene rings is 1. The zero-order valence-corrected chi connectivity index (χ0v) is 11.0. The molecule has 1 aliphatic rings. The number of alkyl halides is 2. The van der Waals surface area contributed by atoms with Gasteiger partial charge in [0.25, 0.3) is 0 Å². The number of hydrogen-bond donors (Lipinski definition) is 1. The fourth-order valence-electron chi connectivity index (χ4n) is 2.24. The Balaban J connectivity index is 0.00000162. The summed E-state index contributed by atoms with van der Waals surface area (Å²) in [4.78, 5) is 2.31. The molecule has 1 aliphatic heterocycles. The Bertz CT molecular complexity index is 351. The smallest absolute Gasteiger partial charge is 0.240 e. The van der Waals surface area contributed by atoms with Crippen LogP contribution in [0.4, 0.5) is 14.5 Å². The zero-order valence-electron chi connectivity index (χ0n) is 10.2. The first-order valence-electron chi connectivity index (χ1n) is 6.05. The maximum Gasteiger partial charge on any atom is 0.240 e. The second kappa shape index (κ2) is 6.90. The minimum atomic E-state index is -2.34. The molecule has 0 bridgehead atoms. The molecule has 18 heavy (non-hydrogen) atoms. The minimum Gasteiger partial charge on any atom is -0.372 e. The number of rotatable bonds is 4. The van der Waals surface area contributed by atoms with Gasteiger partial charge in [0.15, 0.2) is 0 Å². The van der Waals surface area contributed by atoms with Crippen molar-refractivity contribution >= 4 is 18.1 Å². The molecular formula is C13H19ClF2N2. The van der Waals surface area contributed by atoms with E-state index in [2.05, 4.69) is 4.90 Å². The molecule has 0 saturated carbocycles. The van der Waals surface area contributed by atoms with Crippen molar-refractivity contribution in [1.29, 1.82) is 0 Å². The topological polar surface area (TPSA) is 29.3 Å². The molecule has 1 atom stereocenters. The number of anilines is 1. The molecule has 0 radical (unpaired) electrons. The summed E-state index contributed by atoms with van der Waals surface area (Å²) in [5.74, 6) is 0. The predicted molar refractivity (Wildman–Crippen MR) is 72.7 cm³/mol. The highest BCUT2D eigenvalue weighted by Crippen LogP contribution is 2.24. The number of nitrogens with zero attached hydrogens (tertiary/aromatic N) is 1. The molecule has 0 amide bonds. The predicted octanol–water partition coefficient (Wildman–Crippen LogP) is 3.36. The van der Waals surface area contributed by atoms with Crippen molar-refractivity contribution in [3.63, 3.8) is 0 Å². The normalized spacial score (nSPS) is 16.8. The van der Waals surface area contributed by atoms with Gasteiger partial charge in [-0.25, -0.2) is 8.78 Å². The molecular weight excluding hydrogens is 258 g/mol. The van der Waals surface area contributed by atoms with Crippen LogP contribution in [-0.2, 0) is 0 Å². The van der Waals surface area contributed by atoms with Crippen LogP contribution in [0.25, 0.3) is 0 Å². The first-order chi connectivity index (χ1) is 8.16. The van der Waals surface area contributed by atoms with Crippen LogP contribution in [-0.4, -0.2) is 19.5 Å². The van der Waals surface area contributed by atoms with Gasteiger partial charge < -0.3 is 10.6 Å². The van der Waals surface area contributed by atoms with Gasteiger partial charge in [0, 0.05) is 31.2 Å². The second-order valence-electron chi connectivity index (χ2n) is 4.52. The molecule has 2 rings (SSSR count). The highest BCUT2D eigenvalue weighted by Gasteiger charge is 2.15. The third-order valence-corrected chi connectivity index (χ3v) is 3.22. The lowest BCUT2D eigenvalue weighted by Crippen LogP contribution is -2.18. The van der Waals surface area contributed by atoms with Crippen LogP contribution >= 0.6 is 12.4 Å². The molecule has 1 heterocycles.